The van der Waals surface area contributed by atoms with Gasteiger partial charge in [-0.15, -0.1) is 6.58 Å². The number of carbonyl (C=O) groups excluding carboxylic acids is 1. The highest BCUT2D eigenvalue weighted by Gasteiger charge is 2.23. The Kier molecular flexibility index (Phi) is 9.17. The fourth-order valence-electron chi connectivity index (χ4n) is 4.04. The Hall–Kier alpha value is -2.79. The first-order valence-corrected chi connectivity index (χ1v) is 11.8. The first-order chi connectivity index (χ1) is 15.6. The summed E-state index contributed by atoms with van der Waals surface area (Å²) >= 11 is 0. The quantitative estimate of drug-likeness (QED) is 0.346. The minimum atomic E-state index is -0.0813. The number of nitrogens with one attached hydrogen (secondary N) is 1. The van der Waals surface area contributed by atoms with E-state index in [1.54, 1.807) is 0 Å². The predicted molar refractivity (Wildman–Crippen MR) is 134 cm³/mol. The van der Waals surface area contributed by atoms with Gasteiger partial charge in [-0.3, -0.25) is 4.90 Å². The number of fused-ring (bicyclic) bond motifs is 1. The summed E-state index contributed by atoms with van der Waals surface area (Å²) in [4.78, 5) is 17.0. The molecule has 0 atom stereocenters. The van der Waals surface area contributed by atoms with Gasteiger partial charge in [0.1, 0.15) is 5.75 Å². The zero-order valence-electron chi connectivity index (χ0n) is 19.6. The second-order valence-corrected chi connectivity index (χ2v) is 8.66. The number of likely N-dealkylation sites (N-methyl/N-ethyl adjacent to an activating group) is 1. The van der Waals surface area contributed by atoms with Crippen LogP contribution in [0.25, 0.3) is 0 Å². The second-order valence-electron chi connectivity index (χ2n) is 8.66. The third kappa shape index (κ3) is 7.13. The monoisotopic (exact) mass is 435 g/mol. The summed E-state index contributed by atoms with van der Waals surface area (Å²) in [5.41, 5.74) is 4.16. The van der Waals surface area contributed by atoms with Crippen molar-refractivity contribution in [3.05, 3.63) is 66.2 Å². The zero-order chi connectivity index (χ0) is 22.8. The van der Waals surface area contributed by atoms with Gasteiger partial charge in [0.25, 0.3) is 0 Å². The number of nitrogens with zero attached hydrogens (tertiary/aromatic N) is 2. The molecule has 5 nitrogen and oxygen atoms in total. The van der Waals surface area contributed by atoms with Crippen molar-refractivity contribution in [3.63, 3.8) is 0 Å². The molecule has 0 fully saturated rings. The van der Waals surface area contributed by atoms with Gasteiger partial charge in [-0.2, -0.15) is 0 Å². The third-order valence-corrected chi connectivity index (χ3v) is 5.86. The van der Waals surface area contributed by atoms with Crippen LogP contribution < -0.4 is 15.0 Å². The Bertz CT molecular complexity index is 879. The number of urea groups is 1. The number of rotatable bonds is 11. The zero-order valence-corrected chi connectivity index (χ0v) is 19.6. The molecule has 172 valence electrons. The van der Waals surface area contributed by atoms with E-state index in [0.717, 1.165) is 62.6 Å². The molecule has 2 aromatic carbocycles. The molecule has 32 heavy (non-hydrogen) atoms. The molecule has 3 rings (SSSR count). The maximum atomic E-state index is 12.9. The minimum Gasteiger partial charge on any atom is -0.494 e. The summed E-state index contributed by atoms with van der Waals surface area (Å²) in [6, 6.07) is 13.9. The van der Waals surface area contributed by atoms with Gasteiger partial charge in [0, 0.05) is 24.5 Å². The summed E-state index contributed by atoms with van der Waals surface area (Å²) in [6.07, 6.45) is 8.55. The van der Waals surface area contributed by atoms with Gasteiger partial charge in [0.05, 0.1) is 6.61 Å². The lowest BCUT2D eigenvalue weighted by Gasteiger charge is -2.30. The van der Waals surface area contributed by atoms with E-state index in [4.69, 9.17) is 4.74 Å². The van der Waals surface area contributed by atoms with E-state index in [0.29, 0.717) is 0 Å². The molecule has 5 heteroatoms. The highest BCUT2D eigenvalue weighted by atomic mass is 16.5. The average Bonchev–Trinajstić information content (AvgIpc) is 2.79. The van der Waals surface area contributed by atoms with Crippen LogP contribution in [0.4, 0.5) is 16.2 Å². The Morgan fingerprint density at radius 1 is 1.16 bits per heavy atom. The Balaban J connectivity index is 1.45. The van der Waals surface area contributed by atoms with Crippen LogP contribution in [0.3, 0.4) is 0 Å². The molecule has 0 radical (unpaired) electrons. The summed E-state index contributed by atoms with van der Waals surface area (Å²) in [5.74, 6) is 0.898. The maximum absolute atomic E-state index is 12.9. The molecule has 2 aromatic rings. The van der Waals surface area contributed by atoms with Crippen molar-refractivity contribution < 1.29 is 9.53 Å². The van der Waals surface area contributed by atoms with Crippen LogP contribution >= 0.6 is 0 Å². The van der Waals surface area contributed by atoms with Gasteiger partial charge < -0.3 is 15.0 Å². The van der Waals surface area contributed by atoms with Crippen LogP contribution in [-0.2, 0) is 6.42 Å². The highest BCUT2D eigenvalue weighted by molar-refractivity contribution is 6.02. The number of aryl methyl sites for hydroxylation is 2. The lowest BCUT2D eigenvalue weighted by Crippen LogP contribution is -2.38. The standard InChI is InChI=1S/C27H37N3O2/c1-4-17-29(3)18-7-5-6-8-20-32-25-15-16-26-23(21-25)10-9-19-30(26)27(31)28-24-13-11-22(2)12-14-24/h4,11-16,21H,1,5-10,17-20H2,2-3H3,(H,28,31). The number of hydrogen-bond donors (Lipinski definition) is 1. The molecule has 1 aliphatic rings. The van der Waals surface area contributed by atoms with Crippen molar-refractivity contribution >= 4 is 17.4 Å². The summed E-state index contributed by atoms with van der Waals surface area (Å²) in [5, 5.41) is 3.01. The van der Waals surface area contributed by atoms with E-state index in [9.17, 15) is 4.79 Å². The van der Waals surface area contributed by atoms with Crippen molar-refractivity contribution in [2.45, 2.75) is 45.4 Å². The molecule has 0 saturated heterocycles. The van der Waals surface area contributed by atoms with Gasteiger partial charge >= 0.3 is 6.03 Å². The molecule has 0 aromatic heterocycles. The smallest absolute Gasteiger partial charge is 0.326 e. The van der Waals surface area contributed by atoms with Gasteiger partial charge in [0.15, 0.2) is 0 Å². The Morgan fingerprint density at radius 3 is 2.72 bits per heavy atom. The van der Waals surface area contributed by atoms with E-state index in [1.807, 2.05) is 54.3 Å². The molecule has 0 aliphatic carbocycles. The van der Waals surface area contributed by atoms with Crippen LogP contribution in [-0.4, -0.2) is 44.2 Å². The molecule has 1 N–H and O–H groups in total. The van der Waals surface area contributed by atoms with E-state index < -0.39 is 0 Å². The van der Waals surface area contributed by atoms with Gasteiger partial charge in [-0.1, -0.05) is 36.6 Å². The van der Waals surface area contributed by atoms with E-state index in [1.165, 1.54) is 30.4 Å². The van der Waals surface area contributed by atoms with Crippen LogP contribution in [0.15, 0.2) is 55.1 Å². The molecule has 0 spiro atoms. The SMILES string of the molecule is C=CCN(C)CCCCCCOc1ccc2c(c1)CCCN2C(=O)Nc1ccc(C)cc1. The number of anilines is 2. The van der Waals surface area contributed by atoms with Gasteiger partial charge in [-0.25, -0.2) is 4.79 Å². The van der Waals surface area contributed by atoms with Crippen molar-refractivity contribution in [1.29, 1.82) is 0 Å². The van der Waals surface area contributed by atoms with E-state index in [2.05, 4.69) is 29.9 Å². The number of hydrogen-bond acceptors (Lipinski definition) is 3. The highest BCUT2D eigenvalue weighted by Crippen LogP contribution is 2.31. The van der Waals surface area contributed by atoms with Gasteiger partial charge in [-0.05, 0) is 82.1 Å². The number of ether oxygens (including phenoxy) is 1. The van der Waals surface area contributed by atoms with Crippen LogP contribution in [0.1, 0.15) is 43.2 Å². The minimum absolute atomic E-state index is 0.0813. The number of amides is 2. The maximum Gasteiger partial charge on any atom is 0.326 e. The molecule has 0 bridgehead atoms. The fourth-order valence-corrected chi connectivity index (χ4v) is 4.04. The second kappa shape index (κ2) is 12.3. The van der Waals surface area contributed by atoms with Crippen LogP contribution in [0.5, 0.6) is 5.75 Å². The molecular formula is C27H37N3O2. The molecule has 1 aliphatic heterocycles. The number of carbonyl (C=O) groups is 1. The number of unbranched alkanes of at least 4 members (excludes halogenated alkanes) is 3. The first-order valence-electron chi connectivity index (χ1n) is 11.8. The summed E-state index contributed by atoms with van der Waals surface area (Å²) < 4.78 is 6.00. The predicted octanol–water partition coefficient (Wildman–Crippen LogP) is 6.04. The molecule has 0 saturated carbocycles. The summed E-state index contributed by atoms with van der Waals surface area (Å²) in [6.45, 7) is 9.35. The largest absolute Gasteiger partial charge is 0.494 e. The molecule has 0 unspecified atom stereocenters. The Morgan fingerprint density at radius 2 is 1.94 bits per heavy atom. The lowest BCUT2D eigenvalue weighted by molar-refractivity contribution is 0.256. The molecule has 1 heterocycles. The van der Waals surface area contributed by atoms with Gasteiger partial charge in [0.2, 0.25) is 0 Å². The van der Waals surface area contributed by atoms with Crippen LogP contribution in [0.2, 0.25) is 0 Å². The topological polar surface area (TPSA) is 44.8 Å². The fraction of sp³-hybridized carbons (Fsp3) is 0.444. The van der Waals surface area contributed by atoms with Crippen molar-refractivity contribution in [2.75, 3.05) is 43.5 Å². The Labute approximate surface area is 193 Å². The van der Waals surface area contributed by atoms with Crippen molar-refractivity contribution in [3.8, 4) is 5.75 Å². The van der Waals surface area contributed by atoms with Crippen molar-refractivity contribution in [2.24, 2.45) is 0 Å². The third-order valence-electron chi connectivity index (χ3n) is 5.86. The molecular weight excluding hydrogens is 398 g/mol. The van der Waals surface area contributed by atoms with E-state index >= 15 is 0 Å². The van der Waals surface area contributed by atoms with E-state index in [-0.39, 0.29) is 6.03 Å². The molecule has 2 amide bonds. The lowest BCUT2D eigenvalue weighted by atomic mass is 10.0. The van der Waals surface area contributed by atoms with Crippen molar-refractivity contribution in [1.82, 2.24) is 4.90 Å². The number of benzene rings is 2. The summed E-state index contributed by atoms with van der Waals surface area (Å²) in [7, 11) is 2.13. The first kappa shape index (κ1) is 23.9. The van der Waals surface area contributed by atoms with Crippen LogP contribution in [0, 0.1) is 6.92 Å². The average molecular weight is 436 g/mol. The normalized spacial score (nSPS) is 13.0.